The Kier molecular flexibility index (Phi) is 4.55. The van der Waals surface area contributed by atoms with Crippen molar-refractivity contribution in [1.29, 1.82) is 0 Å². The van der Waals surface area contributed by atoms with Crippen LogP contribution in [-0.2, 0) is 10.0 Å². The summed E-state index contributed by atoms with van der Waals surface area (Å²) >= 11 is 0. The summed E-state index contributed by atoms with van der Waals surface area (Å²) < 4.78 is 26.4. The van der Waals surface area contributed by atoms with Crippen LogP contribution in [0.3, 0.4) is 0 Å². The summed E-state index contributed by atoms with van der Waals surface area (Å²) in [6, 6.07) is 4.94. The van der Waals surface area contributed by atoms with Crippen LogP contribution in [0, 0.1) is 11.8 Å². The maximum atomic E-state index is 12.0. The first kappa shape index (κ1) is 15.1. The first-order valence-electron chi connectivity index (χ1n) is 6.99. The maximum Gasteiger partial charge on any atom is 0.242 e. The van der Waals surface area contributed by atoms with E-state index in [1.54, 1.807) is 12.1 Å². The molecule has 1 aromatic carbocycles. The van der Waals surface area contributed by atoms with Crippen molar-refractivity contribution >= 4 is 21.4 Å². The minimum atomic E-state index is -3.50. The Bertz CT molecular complexity index is 572. The Morgan fingerprint density at radius 1 is 1.35 bits per heavy atom. The highest BCUT2D eigenvalue weighted by molar-refractivity contribution is 7.89. The van der Waals surface area contributed by atoms with Gasteiger partial charge in [0.25, 0.3) is 0 Å². The number of anilines is 2. The molecule has 20 heavy (non-hydrogen) atoms. The SMILES string of the molecule is CNS(=O)(=O)c1cc(N)ccc1NCC1CCC(C)C1. The van der Waals surface area contributed by atoms with Crippen LogP contribution in [-0.4, -0.2) is 22.0 Å². The van der Waals surface area contributed by atoms with Crippen molar-refractivity contribution < 1.29 is 8.42 Å². The highest BCUT2D eigenvalue weighted by atomic mass is 32.2. The molecule has 0 bridgehead atoms. The van der Waals surface area contributed by atoms with E-state index in [0.29, 0.717) is 17.3 Å². The predicted octanol–water partition coefficient (Wildman–Crippen LogP) is 2.02. The molecule has 112 valence electrons. The summed E-state index contributed by atoms with van der Waals surface area (Å²) in [7, 11) is -2.10. The molecule has 0 saturated heterocycles. The van der Waals surface area contributed by atoms with Crippen molar-refractivity contribution in [3.05, 3.63) is 18.2 Å². The molecule has 0 spiro atoms. The van der Waals surface area contributed by atoms with Gasteiger partial charge in [0.15, 0.2) is 0 Å². The highest BCUT2D eigenvalue weighted by Crippen LogP contribution is 2.31. The largest absolute Gasteiger partial charge is 0.399 e. The van der Waals surface area contributed by atoms with E-state index in [4.69, 9.17) is 5.73 Å². The molecule has 0 aromatic heterocycles. The number of hydrogen-bond donors (Lipinski definition) is 3. The summed E-state index contributed by atoms with van der Waals surface area (Å²) in [6.45, 7) is 3.07. The summed E-state index contributed by atoms with van der Waals surface area (Å²) in [5.74, 6) is 1.39. The minimum Gasteiger partial charge on any atom is -0.399 e. The first-order chi connectivity index (χ1) is 9.42. The third-order valence-corrected chi connectivity index (χ3v) is 5.40. The fourth-order valence-electron chi connectivity index (χ4n) is 2.78. The molecular weight excluding hydrogens is 274 g/mol. The molecule has 4 N–H and O–H groups in total. The van der Waals surface area contributed by atoms with E-state index in [-0.39, 0.29) is 4.90 Å². The summed E-state index contributed by atoms with van der Waals surface area (Å²) in [4.78, 5) is 0.214. The molecule has 2 rings (SSSR count). The Hall–Kier alpha value is -1.27. The number of sulfonamides is 1. The Balaban J connectivity index is 2.15. The number of nitrogens with one attached hydrogen (secondary N) is 2. The molecule has 2 atom stereocenters. The topological polar surface area (TPSA) is 84.2 Å². The van der Waals surface area contributed by atoms with Gasteiger partial charge in [0.2, 0.25) is 10.0 Å². The Morgan fingerprint density at radius 3 is 2.70 bits per heavy atom. The Morgan fingerprint density at radius 2 is 2.10 bits per heavy atom. The van der Waals surface area contributed by atoms with Crippen molar-refractivity contribution in [2.75, 3.05) is 24.6 Å². The quantitative estimate of drug-likeness (QED) is 0.726. The fraction of sp³-hybridized carbons (Fsp3) is 0.571. The lowest BCUT2D eigenvalue weighted by Crippen LogP contribution is -2.21. The summed E-state index contributed by atoms with van der Waals surface area (Å²) in [5, 5.41) is 3.27. The number of rotatable bonds is 5. The molecule has 5 nitrogen and oxygen atoms in total. The number of nitrogens with two attached hydrogens (primary N) is 1. The summed E-state index contributed by atoms with van der Waals surface area (Å²) in [5.41, 5.74) is 6.76. The molecule has 0 heterocycles. The van der Waals surface area contributed by atoms with Gasteiger partial charge >= 0.3 is 0 Å². The van der Waals surface area contributed by atoms with E-state index >= 15 is 0 Å². The Labute approximate surface area is 121 Å². The molecule has 1 aliphatic rings. The zero-order valence-corrected chi connectivity index (χ0v) is 12.8. The van der Waals surface area contributed by atoms with Crippen LogP contribution < -0.4 is 15.8 Å². The lowest BCUT2D eigenvalue weighted by Gasteiger charge is -2.16. The lowest BCUT2D eigenvalue weighted by atomic mass is 10.1. The molecule has 1 aliphatic carbocycles. The molecule has 0 radical (unpaired) electrons. The molecule has 6 heteroatoms. The van der Waals surface area contributed by atoms with Gasteiger partial charge in [-0.1, -0.05) is 13.3 Å². The van der Waals surface area contributed by atoms with Crippen LogP contribution in [0.25, 0.3) is 0 Å². The van der Waals surface area contributed by atoms with Gasteiger partial charge in [0.05, 0.1) is 5.69 Å². The molecule has 1 fully saturated rings. The van der Waals surface area contributed by atoms with Crippen LogP contribution in [0.15, 0.2) is 23.1 Å². The van der Waals surface area contributed by atoms with Gasteiger partial charge in [-0.3, -0.25) is 0 Å². The zero-order chi connectivity index (χ0) is 14.8. The second-order valence-corrected chi connectivity index (χ2v) is 7.48. The molecular formula is C14H23N3O2S. The maximum absolute atomic E-state index is 12.0. The van der Waals surface area contributed by atoms with Gasteiger partial charge < -0.3 is 11.1 Å². The van der Waals surface area contributed by atoms with E-state index in [1.807, 2.05) is 0 Å². The third-order valence-electron chi connectivity index (χ3n) is 3.95. The second-order valence-electron chi connectivity index (χ2n) is 5.63. The zero-order valence-electron chi connectivity index (χ0n) is 12.0. The van der Waals surface area contributed by atoms with Gasteiger partial charge in [0.1, 0.15) is 4.90 Å². The van der Waals surface area contributed by atoms with Crippen molar-refractivity contribution in [1.82, 2.24) is 4.72 Å². The average molecular weight is 297 g/mol. The monoisotopic (exact) mass is 297 g/mol. The molecule has 0 aliphatic heterocycles. The molecule has 1 saturated carbocycles. The van der Waals surface area contributed by atoms with Crippen molar-refractivity contribution in [3.63, 3.8) is 0 Å². The van der Waals surface area contributed by atoms with Crippen LogP contribution in [0.1, 0.15) is 26.2 Å². The molecule has 1 aromatic rings. The van der Waals surface area contributed by atoms with Gasteiger partial charge in [0, 0.05) is 12.2 Å². The van der Waals surface area contributed by atoms with Gasteiger partial charge in [-0.15, -0.1) is 0 Å². The highest BCUT2D eigenvalue weighted by Gasteiger charge is 2.22. The normalized spacial score (nSPS) is 22.9. The number of hydrogen-bond acceptors (Lipinski definition) is 4. The standard InChI is InChI=1S/C14H23N3O2S/c1-10-3-4-11(7-10)9-17-13-6-5-12(15)8-14(13)20(18,19)16-2/h5-6,8,10-11,16-17H,3-4,7,9,15H2,1-2H3. The van der Waals surface area contributed by atoms with Crippen LogP contribution in [0.5, 0.6) is 0 Å². The molecule has 0 amide bonds. The van der Waals surface area contributed by atoms with Gasteiger partial charge in [-0.05, 0) is 49.9 Å². The van der Waals surface area contributed by atoms with E-state index in [0.717, 1.165) is 12.5 Å². The van der Waals surface area contributed by atoms with Crippen molar-refractivity contribution in [3.8, 4) is 0 Å². The summed E-state index contributed by atoms with van der Waals surface area (Å²) in [6.07, 6.45) is 3.67. The van der Waals surface area contributed by atoms with Crippen LogP contribution in [0.2, 0.25) is 0 Å². The van der Waals surface area contributed by atoms with Crippen LogP contribution in [0.4, 0.5) is 11.4 Å². The van der Waals surface area contributed by atoms with E-state index in [2.05, 4.69) is 17.0 Å². The predicted molar refractivity (Wildman–Crippen MR) is 82.1 cm³/mol. The fourth-order valence-corrected chi connectivity index (χ4v) is 3.72. The molecule has 2 unspecified atom stereocenters. The van der Waals surface area contributed by atoms with Gasteiger partial charge in [-0.2, -0.15) is 0 Å². The minimum absolute atomic E-state index is 0.214. The van der Waals surface area contributed by atoms with E-state index in [9.17, 15) is 8.42 Å². The van der Waals surface area contributed by atoms with Crippen LogP contribution >= 0.6 is 0 Å². The second kappa shape index (κ2) is 6.01. The lowest BCUT2D eigenvalue weighted by molar-refractivity contribution is 0.536. The van der Waals surface area contributed by atoms with Gasteiger partial charge in [-0.25, -0.2) is 13.1 Å². The van der Waals surface area contributed by atoms with E-state index < -0.39 is 10.0 Å². The number of benzene rings is 1. The number of nitrogen functional groups attached to an aromatic ring is 1. The average Bonchev–Trinajstić information content (AvgIpc) is 2.83. The van der Waals surface area contributed by atoms with Crippen molar-refractivity contribution in [2.45, 2.75) is 31.1 Å². The third kappa shape index (κ3) is 3.43. The smallest absolute Gasteiger partial charge is 0.242 e. The van der Waals surface area contributed by atoms with Crippen molar-refractivity contribution in [2.24, 2.45) is 11.8 Å². The first-order valence-corrected chi connectivity index (χ1v) is 8.47. The van der Waals surface area contributed by atoms with E-state index in [1.165, 1.54) is 32.4 Å².